The molecule has 0 bridgehead atoms. The second kappa shape index (κ2) is 6.37. The molecule has 0 saturated heterocycles. The van der Waals surface area contributed by atoms with Gasteiger partial charge in [-0.3, -0.25) is 14.9 Å². The quantitative estimate of drug-likeness (QED) is 0.558. The monoisotopic (exact) mass is 384 g/mol. The lowest BCUT2D eigenvalue weighted by molar-refractivity contribution is -0.384. The number of nitrogens with one attached hydrogen (secondary N) is 1. The Hall–Kier alpha value is -1.05. The summed E-state index contributed by atoms with van der Waals surface area (Å²) in [6, 6.07) is 3.91. The Balaban J connectivity index is 2.31. The van der Waals surface area contributed by atoms with E-state index in [4.69, 9.17) is 46.4 Å². The third-order valence-electron chi connectivity index (χ3n) is 2.33. The molecule has 0 atom stereocenters. The fraction of sp³-hybridized carbons (Fsp3) is 0. The maximum Gasteiger partial charge on any atom is 0.299 e. The van der Waals surface area contributed by atoms with Gasteiger partial charge in [0.15, 0.2) is 4.34 Å². The molecule has 1 N–H and O–H groups in total. The Bertz CT molecular complexity index is 724. The number of halogens is 4. The Morgan fingerprint density at radius 1 is 1.14 bits per heavy atom. The second-order valence-electron chi connectivity index (χ2n) is 3.73. The molecule has 1 heterocycles. The zero-order valence-corrected chi connectivity index (χ0v) is 13.7. The molecule has 0 aliphatic carbocycles. The highest BCUT2D eigenvalue weighted by Gasteiger charge is 2.22. The van der Waals surface area contributed by atoms with Crippen molar-refractivity contribution in [3.63, 3.8) is 0 Å². The van der Waals surface area contributed by atoms with Gasteiger partial charge in [-0.15, -0.1) is 11.3 Å². The van der Waals surface area contributed by atoms with Crippen molar-refractivity contribution in [2.45, 2.75) is 0 Å². The Morgan fingerprint density at radius 3 is 2.19 bits per heavy atom. The zero-order chi connectivity index (χ0) is 15.7. The van der Waals surface area contributed by atoms with Gasteiger partial charge in [0.05, 0.1) is 20.7 Å². The van der Waals surface area contributed by atoms with E-state index in [1.807, 2.05) is 0 Å². The molecule has 0 spiro atoms. The largest absolute Gasteiger partial charge is 0.319 e. The van der Waals surface area contributed by atoms with E-state index in [9.17, 15) is 14.9 Å². The predicted octanol–water partition coefficient (Wildman–Crippen LogP) is 5.52. The second-order valence-corrected chi connectivity index (χ2v) is 6.63. The van der Waals surface area contributed by atoms with Crippen molar-refractivity contribution in [1.29, 1.82) is 0 Å². The number of nitro groups is 1. The van der Waals surface area contributed by atoms with Crippen LogP contribution >= 0.6 is 57.7 Å². The summed E-state index contributed by atoms with van der Waals surface area (Å²) in [6.07, 6.45) is 0. The number of hydrogen-bond acceptors (Lipinski definition) is 4. The molecule has 0 fully saturated rings. The standard InChI is InChI=1S/C11H4Cl4N2O3S/c12-4-1-5(13)9(6(14)2-4)16-11(18)8-3-7(17(19)20)10(15)21-8/h1-3H,(H,16,18). The summed E-state index contributed by atoms with van der Waals surface area (Å²) in [6.45, 7) is 0. The zero-order valence-electron chi connectivity index (χ0n) is 9.82. The summed E-state index contributed by atoms with van der Waals surface area (Å²) >= 11 is 24.1. The van der Waals surface area contributed by atoms with E-state index >= 15 is 0 Å². The fourth-order valence-electron chi connectivity index (χ4n) is 1.43. The minimum absolute atomic E-state index is 0.0637. The van der Waals surface area contributed by atoms with Crippen LogP contribution in [0.2, 0.25) is 19.4 Å². The van der Waals surface area contributed by atoms with Crippen molar-refractivity contribution >= 4 is 75.0 Å². The summed E-state index contributed by atoms with van der Waals surface area (Å²) in [5.41, 5.74) is -0.167. The summed E-state index contributed by atoms with van der Waals surface area (Å²) in [5.74, 6) is -0.610. The first-order valence-electron chi connectivity index (χ1n) is 5.19. The van der Waals surface area contributed by atoms with Crippen LogP contribution in [0.3, 0.4) is 0 Å². The van der Waals surface area contributed by atoms with Gasteiger partial charge in [0.1, 0.15) is 4.88 Å². The van der Waals surface area contributed by atoms with Crippen LogP contribution in [0.25, 0.3) is 0 Å². The summed E-state index contributed by atoms with van der Waals surface area (Å²) in [5, 5.41) is 13.8. The van der Waals surface area contributed by atoms with Gasteiger partial charge >= 0.3 is 0 Å². The molecule has 21 heavy (non-hydrogen) atoms. The number of amides is 1. The van der Waals surface area contributed by atoms with E-state index in [1.54, 1.807) is 0 Å². The molecule has 2 rings (SSSR count). The van der Waals surface area contributed by atoms with E-state index in [2.05, 4.69) is 5.32 Å². The normalized spacial score (nSPS) is 10.5. The van der Waals surface area contributed by atoms with Crippen molar-refractivity contribution < 1.29 is 9.72 Å². The number of thiophene rings is 1. The lowest BCUT2D eigenvalue weighted by atomic mass is 10.3. The van der Waals surface area contributed by atoms with Crippen LogP contribution in [-0.4, -0.2) is 10.8 Å². The van der Waals surface area contributed by atoms with Gasteiger partial charge in [0.25, 0.3) is 11.6 Å². The summed E-state index contributed by atoms with van der Waals surface area (Å²) < 4.78 is -0.0848. The maximum absolute atomic E-state index is 12.1. The van der Waals surface area contributed by atoms with Crippen molar-refractivity contribution in [3.8, 4) is 0 Å². The van der Waals surface area contributed by atoms with Crippen LogP contribution in [0.4, 0.5) is 11.4 Å². The highest BCUT2D eigenvalue weighted by Crippen LogP contribution is 2.36. The molecule has 0 aliphatic rings. The SMILES string of the molecule is O=C(Nc1c(Cl)cc(Cl)cc1Cl)c1cc([N+](=O)[O-])c(Cl)s1. The number of anilines is 1. The molecule has 1 amide bonds. The lowest BCUT2D eigenvalue weighted by Crippen LogP contribution is -2.11. The number of nitrogens with zero attached hydrogens (tertiary/aromatic N) is 1. The van der Waals surface area contributed by atoms with Gasteiger partial charge in [0, 0.05) is 11.1 Å². The van der Waals surface area contributed by atoms with E-state index in [1.165, 1.54) is 12.1 Å². The average Bonchev–Trinajstić information content (AvgIpc) is 2.75. The minimum Gasteiger partial charge on any atom is -0.319 e. The average molecular weight is 386 g/mol. The van der Waals surface area contributed by atoms with Crippen molar-refractivity contribution in [2.75, 3.05) is 5.32 Å². The first kappa shape index (κ1) is 16.3. The highest BCUT2D eigenvalue weighted by molar-refractivity contribution is 7.18. The van der Waals surface area contributed by atoms with Crippen molar-refractivity contribution in [2.24, 2.45) is 0 Å². The van der Waals surface area contributed by atoms with E-state index in [0.29, 0.717) is 5.02 Å². The number of hydrogen-bond donors (Lipinski definition) is 1. The molecule has 0 aliphatic heterocycles. The molecule has 0 radical (unpaired) electrons. The van der Waals surface area contributed by atoms with Crippen LogP contribution in [-0.2, 0) is 0 Å². The maximum atomic E-state index is 12.1. The molecule has 5 nitrogen and oxygen atoms in total. The summed E-state index contributed by atoms with van der Waals surface area (Å²) in [4.78, 5) is 22.2. The molecular weight excluding hydrogens is 382 g/mol. The molecule has 1 aromatic carbocycles. The Labute approximate surface area is 142 Å². The number of rotatable bonds is 3. The topological polar surface area (TPSA) is 72.2 Å². The number of carbonyl (C=O) groups excluding carboxylic acids is 1. The van der Waals surface area contributed by atoms with Crippen LogP contribution in [0.1, 0.15) is 9.67 Å². The number of carbonyl (C=O) groups is 1. The van der Waals surface area contributed by atoms with Crippen LogP contribution in [0.15, 0.2) is 18.2 Å². The third-order valence-corrected chi connectivity index (χ3v) is 4.49. The van der Waals surface area contributed by atoms with Crippen molar-refractivity contribution in [1.82, 2.24) is 0 Å². The number of benzene rings is 1. The first-order valence-corrected chi connectivity index (χ1v) is 7.52. The molecule has 110 valence electrons. The molecule has 0 unspecified atom stereocenters. The van der Waals surface area contributed by atoms with Crippen LogP contribution in [0, 0.1) is 10.1 Å². The fourth-order valence-corrected chi connectivity index (χ4v) is 3.46. The molecular formula is C11H4Cl4N2O3S. The lowest BCUT2D eigenvalue weighted by Gasteiger charge is -2.08. The molecule has 0 saturated carbocycles. The minimum atomic E-state index is -0.669. The van der Waals surface area contributed by atoms with Gasteiger partial charge in [-0.1, -0.05) is 46.4 Å². The molecule has 10 heteroatoms. The van der Waals surface area contributed by atoms with Gasteiger partial charge in [-0.2, -0.15) is 0 Å². The third kappa shape index (κ3) is 3.59. The van der Waals surface area contributed by atoms with E-state index in [0.717, 1.165) is 17.4 Å². The summed E-state index contributed by atoms with van der Waals surface area (Å²) in [7, 11) is 0. The van der Waals surface area contributed by atoms with E-state index in [-0.39, 0.29) is 30.6 Å². The highest BCUT2D eigenvalue weighted by atomic mass is 35.5. The van der Waals surface area contributed by atoms with Crippen LogP contribution in [0.5, 0.6) is 0 Å². The first-order chi connectivity index (χ1) is 9.79. The van der Waals surface area contributed by atoms with Crippen LogP contribution < -0.4 is 5.32 Å². The molecule has 1 aromatic heterocycles. The van der Waals surface area contributed by atoms with Crippen molar-refractivity contribution in [3.05, 3.63) is 52.6 Å². The smallest absolute Gasteiger partial charge is 0.299 e. The van der Waals surface area contributed by atoms with E-state index < -0.39 is 10.8 Å². The van der Waals surface area contributed by atoms with Gasteiger partial charge < -0.3 is 5.32 Å². The Kier molecular flexibility index (Phi) is 4.95. The van der Waals surface area contributed by atoms with Gasteiger partial charge in [-0.25, -0.2) is 0 Å². The predicted molar refractivity (Wildman–Crippen MR) is 85.4 cm³/mol. The Morgan fingerprint density at radius 2 is 1.71 bits per heavy atom. The van der Waals surface area contributed by atoms with Gasteiger partial charge in [0.2, 0.25) is 0 Å². The molecule has 2 aromatic rings. The van der Waals surface area contributed by atoms with Gasteiger partial charge in [-0.05, 0) is 12.1 Å².